The molecule has 0 fully saturated rings. The third-order valence-corrected chi connectivity index (χ3v) is 3.60. The average Bonchev–Trinajstić information content (AvgIpc) is 2.51. The summed E-state index contributed by atoms with van der Waals surface area (Å²) in [6.07, 6.45) is 0.0804. The number of aliphatic hydroxyl groups is 1. The first-order valence-corrected chi connectivity index (χ1v) is 6.21. The Morgan fingerprint density at radius 1 is 1.53 bits per heavy atom. The molecule has 0 aromatic carbocycles. The molecule has 1 rings (SSSR count). The van der Waals surface area contributed by atoms with E-state index in [1.165, 1.54) is 11.3 Å². The van der Waals surface area contributed by atoms with Gasteiger partial charge < -0.3 is 9.84 Å². The second kappa shape index (κ2) is 5.30. The van der Waals surface area contributed by atoms with Crippen LogP contribution in [0.15, 0.2) is 12.1 Å². The van der Waals surface area contributed by atoms with E-state index in [2.05, 4.69) is 0 Å². The van der Waals surface area contributed by atoms with Gasteiger partial charge in [-0.25, -0.2) is 0 Å². The first-order valence-electron chi connectivity index (χ1n) is 5.02. The maximum Gasteiger partial charge on any atom is 0.0931 e. The van der Waals surface area contributed by atoms with Crippen molar-refractivity contribution in [1.82, 2.24) is 0 Å². The summed E-state index contributed by atoms with van der Waals surface area (Å²) in [6.45, 7) is 6.33. The van der Waals surface area contributed by atoms with Crippen LogP contribution in [0.2, 0.25) is 4.34 Å². The van der Waals surface area contributed by atoms with Gasteiger partial charge in [0, 0.05) is 17.9 Å². The zero-order valence-electron chi connectivity index (χ0n) is 9.29. The lowest BCUT2D eigenvalue weighted by molar-refractivity contribution is -0.0952. The van der Waals surface area contributed by atoms with E-state index in [0.717, 1.165) is 9.21 Å². The molecule has 0 saturated carbocycles. The first kappa shape index (κ1) is 13.0. The smallest absolute Gasteiger partial charge is 0.0931 e. The predicted octanol–water partition coefficient (Wildman–Crippen LogP) is 3.12. The normalized spacial score (nSPS) is 14.2. The molecule has 0 aliphatic rings. The van der Waals surface area contributed by atoms with E-state index in [9.17, 15) is 5.11 Å². The highest BCUT2D eigenvalue weighted by Crippen LogP contribution is 2.25. The van der Waals surface area contributed by atoms with Crippen LogP contribution in [0.1, 0.15) is 25.6 Å². The van der Waals surface area contributed by atoms with E-state index >= 15 is 0 Å². The van der Waals surface area contributed by atoms with Crippen molar-refractivity contribution in [2.75, 3.05) is 6.61 Å². The van der Waals surface area contributed by atoms with Crippen LogP contribution < -0.4 is 0 Å². The minimum absolute atomic E-state index is 0.507. The fourth-order valence-corrected chi connectivity index (χ4v) is 2.49. The van der Waals surface area contributed by atoms with Gasteiger partial charge in [-0.05, 0) is 32.9 Å². The highest BCUT2D eigenvalue weighted by atomic mass is 35.5. The molecule has 0 radical (unpaired) electrons. The quantitative estimate of drug-likeness (QED) is 0.868. The Bertz CT molecular complexity index is 309. The summed E-state index contributed by atoms with van der Waals surface area (Å²) < 4.78 is 6.25. The maximum atomic E-state index is 10.0. The number of halogens is 1. The van der Waals surface area contributed by atoms with Crippen molar-refractivity contribution >= 4 is 22.9 Å². The van der Waals surface area contributed by atoms with Crippen LogP contribution in [0.25, 0.3) is 0 Å². The van der Waals surface area contributed by atoms with Crippen molar-refractivity contribution in [3.8, 4) is 0 Å². The van der Waals surface area contributed by atoms with Gasteiger partial charge in [-0.15, -0.1) is 11.3 Å². The molecule has 1 aromatic rings. The van der Waals surface area contributed by atoms with E-state index in [1.54, 1.807) is 0 Å². The van der Waals surface area contributed by atoms with E-state index in [4.69, 9.17) is 16.3 Å². The Hall–Kier alpha value is -0.0900. The van der Waals surface area contributed by atoms with Crippen molar-refractivity contribution < 1.29 is 9.84 Å². The molecule has 1 N–H and O–H groups in total. The SMILES string of the molecule is CCOC(C)(C)C(O)Cc1ccc(Cl)s1. The highest BCUT2D eigenvalue weighted by molar-refractivity contribution is 7.16. The van der Waals surface area contributed by atoms with E-state index in [0.29, 0.717) is 13.0 Å². The Labute approximate surface area is 99.8 Å². The number of thiophene rings is 1. The number of hydrogen-bond donors (Lipinski definition) is 1. The second-order valence-electron chi connectivity index (χ2n) is 3.96. The minimum atomic E-state index is -0.509. The molecule has 1 aromatic heterocycles. The van der Waals surface area contributed by atoms with Crippen LogP contribution in [0.5, 0.6) is 0 Å². The standard InChI is InChI=1S/C11H17ClO2S/c1-4-14-11(2,3)9(13)7-8-5-6-10(12)15-8/h5-6,9,13H,4,7H2,1-3H3. The van der Waals surface area contributed by atoms with Gasteiger partial charge in [-0.3, -0.25) is 0 Å². The molecular weight excluding hydrogens is 232 g/mol. The van der Waals surface area contributed by atoms with Crippen LogP contribution in [0.4, 0.5) is 0 Å². The van der Waals surface area contributed by atoms with Gasteiger partial charge in [-0.1, -0.05) is 11.6 Å². The molecule has 15 heavy (non-hydrogen) atoms. The lowest BCUT2D eigenvalue weighted by atomic mass is 9.98. The second-order valence-corrected chi connectivity index (χ2v) is 5.76. The fourth-order valence-electron chi connectivity index (χ4n) is 1.37. The van der Waals surface area contributed by atoms with Crippen LogP contribution in [0, 0.1) is 0 Å². The maximum absolute atomic E-state index is 10.0. The Balaban J connectivity index is 2.58. The molecule has 86 valence electrons. The monoisotopic (exact) mass is 248 g/mol. The van der Waals surface area contributed by atoms with Crippen molar-refractivity contribution in [2.45, 2.75) is 38.9 Å². The van der Waals surface area contributed by atoms with Gasteiger partial charge in [-0.2, -0.15) is 0 Å². The highest BCUT2D eigenvalue weighted by Gasteiger charge is 2.28. The molecule has 0 aliphatic heterocycles. The largest absolute Gasteiger partial charge is 0.390 e. The summed E-state index contributed by atoms with van der Waals surface area (Å²) in [6, 6.07) is 3.79. The lowest BCUT2D eigenvalue weighted by Crippen LogP contribution is -2.40. The van der Waals surface area contributed by atoms with E-state index < -0.39 is 11.7 Å². The Morgan fingerprint density at radius 3 is 2.67 bits per heavy atom. The van der Waals surface area contributed by atoms with Crippen molar-refractivity contribution in [2.24, 2.45) is 0 Å². The molecule has 2 nitrogen and oxygen atoms in total. The summed E-state index contributed by atoms with van der Waals surface area (Å²) in [5.74, 6) is 0. The molecular formula is C11H17ClO2S. The summed E-state index contributed by atoms with van der Waals surface area (Å²) in [5.41, 5.74) is -0.509. The lowest BCUT2D eigenvalue weighted by Gasteiger charge is -2.30. The third kappa shape index (κ3) is 3.76. The topological polar surface area (TPSA) is 29.5 Å². The van der Waals surface area contributed by atoms with Gasteiger partial charge >= 0.3 is 0 Å². The van der Waals surface area contributed by atoms with Crippen LogP contribution >= 0.6 is 22.9 Å². The number of ether oxygens (including phenoxy) is 1. The number of aliphatic hydroxyl groups excluding tert-OH is 1. The minimum Gasteiger partial charge on any atom is -0.390 e. The van der Waals surface area contributed by atoms with Crippen molar-refractivity contribution in [3.05, 3.63) is 21.3 Å². The average molecular weight is 249 g/mol. The summed E-state index contributed by atoms with van der Waals surface area (Å²) in [5, 5.41) is 10.0. The van der Waals surface area contributed by atoms with E-state index in [-0.39, 0.29) is 0 Å². The molecule has 0 bridgehead atoms. The molecule has 1 atom stereocenters. The summed E-state index contributed by atoms with van der Waals surface area (Å²) >= 11 is 7.33. The third-order valence-electron chi connectivity index (χ3n) is 2.34. The van der Waals surface area contributed by atoms with Gasteiger partial charge in [0.1, 0.15) is 0 Å². The molecule has 0 amide bonds. The number of hydrogen-bond acceptors (Lipinski definition) is 3. The molecule has 0 spiro atoms. The fraction of sp³-hybridized carbons (Fsp3) is 0.636. The Kier molecular flexibility index (Phi) is 4.59. The zero-order valence-corrected chi connectivity index (χ0v) is 10.9. The van der Waals surface area contributed by atoms with Gasteiger partial charge in [0.25, 0.3) is 0 Å². The number of rotatable bonds is 5. The molecule has 0 saturated heterocycles. The molecule has 1 heterocycles. The van der Waals surface area contributed by atoms with E-state index in [1.807, 2.05) is 32.9 Å². The molecule has 4 heteroatoms. The van der Waals surface area contributed by atoms with Gasteiger partial charge in [0.05, 0.1) is 16.0 Å². The summed E-state index contributed by atoms with van der Waals surface area (Å²) in [4.78, 5) is 1.08. The van der Waals surface area contributed by atoms with Crippen LogP contribution in [-0.2, 0) is 11.2 Å². The van der Waals surface area contributed by atoms with Crippen LogP contribution in [-0.4, -0.2) is 23.4 Å². The molecule has 0 aliphatic carbocycles. The van der Waals surface area contributed by atoms with Crippen molar-refractivity contribution in [3.63, 3.8) is 0 Å². The predicted molar refractivity (Wildman–Crippen MR) is 64.7 cm³/mol. The zero-order chi connectivity index (χ0) is 11.5. The van der Waals surface area contributed by atoms with Crippen LogP contribution in [0.3, 0.4) is 0 Å². The Morgan fingerprint density at radius 2 is 2.20 bits per heavy atom. The van der Waals surface area contributed by atoms with Gasteiger partial charge in [0.15, 0.2) is 0 Å². The first-order chi connectivity index (χ1) is 6.95. The van der Waals surface area contributed by atoms with Crippen molar-refractivity contribution in [1.29, 1.82) is 0 Å². The van der Waals surface area contributed by atoms with Gasteiger partial charge in [0.2, 0.25) is 0 Å². The summed E-state index contributed by atoms with van der Waals surface area (Å²) in [7, 11) is 0. The molecule has 1 unspecified atom stereocenters.